The molecule has 2 nitrogen and oxygen atoms in total. The van der Waals surface area contributed by atoms with Gasteiger partial charge < -0.3 is 5.11 Å². The molecule has 2 fully saturated rings. The predicted molar refractivity (Wildman–Crippen MR) is 131 cm³/mol. The normalized spacial score (nSPS) is 22.9. The van der Waals surface area contributed by atoms with Crippen LogP contribution in [0.15, 0.2) is 48.5 Å². The van der Waals surface area contributed by atoms with Crippen LogP contribution in [0.2, 0.25) is 5.02 Å². The lowest BCUT2D eigenvalue weighted by molar-refractivity contribution is 0.111. The van der Waals surface area contributed by atoms with Crippen molar-refractivity contribution < 1.29 is 5.11 Å². The van der Waals surface area contributed by atoms with Gasteiger partial charge in [0.25, 0.3) is 0 Å². The van der Waals surface area contributed by atoms with Crippen molar-refractivity contribution in [3.05, 3.63) is 70.2 Å². The number of nitrogens with zero attached hydrogens (tertiary/aromatic N) is 1. The van der Waals surface area contributed by atoms with E-state index in [0.717, 1.165) is 29.6 Å². The molecule has 1 aliphatic heterocycles. The van der Waals surface area contributed by atoms with E-state index in [1.807, 2.05) is 30.3 Å². The number of rotatable bonds is 7. The van der Waals surface area contributed by atoms with Crippen LogP contribution in [-0.2, 0) is 0 Å². The van der Waals surface area contributed by atoms with E-state index in [-0.39, 0.29) is 0 Å². The fourth-order valence-electron chi connectivity index (χ4n) is 5.74. The minimum absolute atomic E-state index is 0.457. The molecule has 31 heavy (non-hydrogen) atoms. The predicted octanol–water partition coefficient (Wildman–Crippen LogP) is 7.35. The third-order valence-electron chi connectivity index (χ3n) is 7.55. The molecule has 3 unspecified atom stereocenters. The number of aliphatic hydroxyl groups excluding tert-OH is 1. The lowest BCUT2D eigenvalue weighted by atomic mass is 9.82. The SMILES string of the molecule is CC(CN1CCCCC1CC1CCCCC1)c1cccc(C(O)c2cccc(Cl)c2)c1. The number of benzene rings is 2. The summed E-state index contributed by atoms with van der Waals surface area (Å²) in [6, 6.07) is 16.8. The third-order valence-corrected chi connectivity index (χ3v) is 7.78. The lowest BCUT2D eigenvalue weighted by Crippen LogP contribution is -2.42. The highest BCUT2D eigenvalue weighted by Gasteiger charge is 2.27. The summed E-state index contributed by atoms with van der Waals surface area (Å²) in [5, 5.41) is 11.6. The van der Waals surface area contributed by atoms with Gasteiger partial charge in [-0.1, -0.05) is 93.4 Å². The maximum absolute atomic E-state index is 10.9. The quantitative estimate of drug-likeness (QED) is 0.487. The Morgan fingerprint density at radius 2 is 1.58 bits per heavy atom. The van der Waals surface area contributed by atoms with Crippen LogP contribution in [0.1, 0.15) is 93.4 Å². The van der Waals surface area contributed by atoms with Crippen LogP contribution in [0.4, 0.5) is 0 Å². The molecule has 1 aliphatic carbocycles. The van der Waals surface area contributed by atoms with E-state index >= 15 is 0 Å². The van der Waals surface area contributed by atoms with Crippen molar-refractivity contribution in [2.45, 2.75) is 82.8 Å². The van der Waals surface area contributed by atoms with Crippen LogP contribution in [-0.4, -0.2) is 29.1 Å². The summed E-state index contributed by atoms with van der Waals surface area (Å²) in [6.07, 6.45) is 12.1. The minimum Gasteiger partial charge on any atom is -0.384 e. The zero-order valence-corrected chi connectivity index (χ0v) is 19.7. The third kappa shape index (κ3) is 6.12. The summed E-state index contributed by atoms with van der Waals surface area (Å²) in [7, 11) is 0. The first-order valence-corrected chi connectivity index (χ1v) is 12.8. The van der Waals surface area contributed by atoms with Crippen molar-refractivity contribution in [2.75, 3.05) is 13.1 Å². The van der Waals surface area contributed by atoms with Crippen molar-refractivity contribution in [3.63, 3.8) is 0 Å². The second kappa shape index (κ2) is 11.0. The van der Waals surface area contributed by atoms with Crippen LogP contribution >= 0.6 is 11.6 Å². The summed E-state index contributed by atoms with van der Waals surface area (Å²) in [4.78, 5) is 2.78. The van der Waals surface area contributed by atoms with E-state index in [2.05, 4.69) is 30.0 Å². The second-order valence-corrected chi connectivity index (χ2v) is 10.3. The summed E-state index contributed by atoms with van der Waals surface area (Å²) in [5.41, 5.74) is 3.12. The number of aliphatic hydroxyl groups is 1. The van der Waals surface area contributed by atoms with Crippen molar-refractivity contribution in [2.24, 2.45) is 5.92 Å². The van der Waals surface area contributed by atoms with Gasteiger partial charge in [0.2, 0.25) is 0 Å². The number of likely N-dealkylation sites (tertiary alicyclic amines) is 1. The molecular weight excluding hydrogens is 402 g/mol. The van der Waals surface area contributed by atoms with Gasteiger partial charge >= 0.3 is 0 Å². The highest BCUT2D eigenvalue weighted by molar-refractivity contribution is 6.30. The molecule has 0 amide bonds. The molecule has 0 radical (unpaired) electrons. The fourth-order valence-corrected chi connectivity index (χ4v) is 5.94. The number of hydrogen-bond donors (Lipinski definition) is 1. The molecule has 3 heteroatoms. The maximum Gasteiger partial charge on any atom is 0.104 e. The molecule has 0 aromatic heterocycles. The molecule has 4 rings (SSSR count). The minimum atomic E-state index is -0.639. The molecule has 2 aromatic carbocycles. The monoisotopic (exact) mass is 439 g/mol. The Morgan fingerprint density at radius 1 is 0.903 bits per heavy atom. The molecule has 3 atom stereocenters. The average Bonchev–Trinajstić information content (AvgIpc) is 2.80. The van der Waals surface area contributed by atoms with Crippen LogP contribution in [0.25, 0.3) is 0 Å². The number of halogens is 1. The van der Waals surface area contributed by atoms with E-state index in [0.29, 0.717) is 10.9 Å². The number of hydrogen-bond acceptors (Lipinski definition) is 2. The first-order valence-electron chi connectivity index (χ1n) is 12.4. The molecule has 0 bridgehead atoms. The summed E-state index contributed by atoms with van der Waals surface area (Å²) in [5.74, 6) is 1.41. The topological polar surface area (TPSA) is 23.5 Å². The van der Waals surface area contributed by atoms with E-state index in [1.165, 1.54) is 69.9 Å². The Hall–Kier alpha value is -1.35. The standard InChI is InChI=1S/C28H38ClNO/c1-21(20-30-16-6-5-15-27(30)17-22-9-3-2-4-10-22)23-11-7-12-24(18-23)28(31)25-13-8-14-26(29)19-25/h7-8,11-14,18-19,21-22,27-28,31H,2-6,9-10,15-17,20H2,1H3. The molecule has 1 N–H and O–H groups in total. The van der Waals surface area contributed by atoms with Crippen molar-refractivity contribution in [1.29, 1.82) is 0 Å². The molecule has 1 saturated heterocycles. The van der Waals surface area contributed by atoms with Gasteiger partial charge in [-0.15, -0.1) is 0 Å². The molecule has 2 aliphatic rings. The Morgan fingerprint density at radius 3 is 2.35 bits per heavy atom. The van der Waals surface area contributed by atoms with E-state index in [1.54, 1.807) is 0 Å². The van der Waals surface area contributed by atoms with E-state index in [9.17, 15) is 5.11 Å². The summed E-state index contributed by atoms with van der Waals surface area (Å²) >= 11 is 6.13. The Bertz CT molecular complexity index is 831. The van der Waals surface area contributed by atoms with Gasteiger partial charge in [0.1, 0.15) is 6.10 Å². The first kappa shape index (κ1) is 22.8. The van der Waals surface area contributed by atoms with Crippen molar-refractivity contribution in [1.82, 2.24) is 4.90 Å². The molecule has 168 valence electrons. The molecule has 2 aromatic rings. The van der Waals surface area contributed by atoms with Gasteiger partial charge in [-0.2, -0.15) is 0 Å². The zero-order valence-electron chi connectivity index (χ0n) is 19.0. The van der Waals surface area contributed by atoms with Crippen molar-refractivity contribution >= 4 is 11.6 Å². The molecule has 0 spiro atoms. The van der Waals surface area contributed by atoms with Gasteiger partial charge in [-0.25, -0.2) is 0 Å². The smallest absolute Gasteiger partial charge is 0.104 e. The highest BCUT2D eigenvalue weighted by atomic mass is 35.5. The first-order chi connectivity index (χ1) is 15.1. The Kier molecular flexibility index (Phi) is 8.09. The zero-order chi connectivity index (χ0) is 21.6. The number of piperidine rings is 1. The van der Waals surface area contributed by atoms with Crippen LogP contribution < -0.4 is 0 Å². The van der Waals surface area contributed by atoms with Crippen LogP contribution in [0, 0.1) is 5.92 Å². The molecule has 1 saturated carbocycles. The summed E-state index contributed by atoms with van der Waals surface area (Å²) in [6.45, 7) is 4.71. The Balaban J connectivity index is 1.42. The van der Waals surface area contributed by atoms with E-state index in [4.69, 9.17) is 11.6 Å². The largest absolute Gasteiger partial charge is 0.384 e. The van der Waals surface area contributed by atoms with Gasteiger partial charge in [0.15, 0.2) is 0 Å². The molecule has 1 heterocycles. The van der Waals surface area contributed by atoms with Crippen molar-refractivity contribution in [3.8, 4) is 0 Å². The van der Waals surface area contributed by atoms with Gasteiger partial charge in [-0.3, -0.25) is 4.90 Å². The highest BCUT2D eigenvalue weighted by Crippen LogP contribution is 2.33. The summed E-state index contributed by atoms with van der Waals surface area (Å²) < 4.78 is 0. The Labute approximate surface area is 193 Å². The van der Waals surface area contributed by atoms with Gasteiger partial charge in [0.05, 0.1) is 0 Å². The van der Waals surface area contributed by atoms with Crippen LogP contribution in [0.5, 0.6) is 0 Å². The second-order valence-electron chi connectivity index (χ2n) is 9.91. The maximum atomic E-state index is 10.9. The lowest BCUT2D eigenvalue weighted by Gasteiger charge is -2.40. The van der Waals surface area contributed by atoms with E-state index < -0.39 is 6.10 Å². The van der Waals surface area contributed by atoms with Gasteiger partial charge in [0, 0.05) is 17.6 Å². The van der Waals surface area contributed by atoms with Gasteiger partial charge in [-0.05, 0) is 66.5 Å². The fraction of sp³-hybridized carbons (Fsp3) is 0.571. The molecular formula is C28H38ClNO. The van der Waals surface area contributed by atoms with Crippen LogP contribution in [0.3, 0.4) is 0 Å². The average molecular weight is 440 g/mol.